The van der Waals surface area contributed by atoms with E-state index in [-0.39, 0.29) is 5.91 Å². The fraction of sp³-hybridized carbons (Fsp3) is 0.105. The maximum absolute atomic E-state index is 12.6. The Morgan fingerprint density at radius 1 is 1.18 bits per heavy atom. The van der Waals surface area contributed by atoms with Crippen LogP contribution < -0.4 is 14.8 Å². The molecule has 0 saturated heterocycles. The highest BCUT2D eigenvalue weighted by molar-refractivity contribution is 7.71. The molecule has 28 heavy (non-hydrogen) atoms. The standard InChI is InChI=1S/C19H16N4O3S2/c1-25-14-9-13-16(10-15(14)26-2)28-18(21-13)22-17(24)11-3-5-12(6-4-11)23-8-7-20-19(23)27/h3-10H,1-2H3,(H,20,27)(H,21,22,24). The Morgan fingerprint density at radius 3 is 2.54 bits per heavy atom. The molecule has 0 aliphatic carbocycles. The number of hydrogen-bond acceptors (Lipinski definition) is 6. The van der Waals surface area contributed by atoms with Crippen molar-refractivity contribution in [3.63, 3.8) is 0 Å². The number of methoxy groups -OCH3 is 2. The van der Waals surface area contributed by atoms with Gasteiger partial charge in [0.15, 0.2) is 21.4 Å². The lowest BCUT2D eigenvalue weighted by atomic mass is 10.2. The van der Waals surface area contributed by atoms with Gasteiger partial charge in [0, 0.05) is 35.8 Å². The third-order valence-electron chi connectivity index (χ3n) is 4.17. The number of nitrogens with zero attached hydrogens (tertiary/aromatic N) is 2. The second-order valence-corrected chi connectivity index (χ2v) is 7.25. The molecule has 0 spiro atoms. The molecule has 2 aromatic carbocycles. The lowest BCUT2D eigenvalue weighted by Crippen LogP contribution is -2.11. The average molecular weight is 412 g/mol. The van der Waals surface area contributed by atoms with E-state index in [2.05, 4.69) is 15.3 Å². The number of anilines is 1. The van der Waals surface area contributed by atoms with Gasteiger partial charge in [0.2, 0.25) is 0 Å². The van der Waals surface area contributed by atoms with Crippen molar-refractivity contribution >= 4 is 44.8 Å². The molecule has 7 nitrogen and oxygen atoms in total. The Kier molecular flexibility index (Phi) is 4.84. The third kappa shape index (κ3) is 3.37. The summed E-state index contributed by atoms with van der Waals surface area (Å²) in [5.41, 5.74) is 2.14. The summed E-state index contributed by atoms with van der Waals surface area (Å²) in [5.74, 6) is 0.981. The van der Waals surface area contributed by atoms with Gasteiger partial charge < -0.3 is 14.5 Å². The molecular formula is C19H16N4O3S2. The van der Waals surface area contributed by atoms with E-state index in [4.69, 9.17) is 21.7 Å². The Bertz CT molecular complexity index is 1170. The quantitative estimate of drug-likeness (QED) is 0.475. The van der Waals surface area contributed by atoms with E-state index in [1.165, 1.54) is 11.3 Å². The minimum absolute atomic E-state index is 0.234. The molecule has 0 aliphatic rings. The Balaban J connectivity index is 1.56. The second-order valence-electron chi connectivity index (χ2n) is 5.83. The van der Waals surface area contributed by atoms with Crippen LogP contribution in [0.4, 0.5) is 5.13 Å². The molecule has 0 aliphatic heterocycles. The number of carbonyl (C=O) groups is 1. The average Bonchev–Trinajstić information content (AvgIpc) is 3.31. The number of nitrogens with one attached hydrogen (secondary N) is 2. The zero-order chi connectivity index (χ0) is 19.7. The van der Waals surface area contributed by atoms with Gasteiger partial charge in [-0.2, -0.15) is 0 Å². The zero-order valence-corrected chi connectivity index (χ0v) is 16.7. The van der Waals surface area contributed by atoms with E-state index in [1.54, 1.807) is 38.6 Å². The number of H-pyrrole nitrogens is 1. The monoisotopic (exact) mass is 412 g/mol. The molecule has 9 heteroatoms. The van der Waals surface area contributed by atoms with Crippen molar-refractivity contribution in [3.8, 4) is 17.2 Å². The summed E-state index contributed by atoms with van der Waals surface area (Å²) in [7, 11) is 3.15. The summed E-state index contributed by atoms with van der Waals surface area (Å²) >= 11 is 6.58. The summed E-state index contributed by atoms with van der Waals surface area (Å²) in [5, 5.41) is 3.35. The summed E-state index contributed by atoms with van der Waals surface area (Å²) in [4.78, 5) is 20.0. The van der Waals surface area contributed by atoms with Gasteiger partial charge in [0.05, 0.1) is 24.4 Å². The molecule has 0 bridgehead atoms. The maximum atomic E-state index is 12.6. The summed E-state index contributed by atoms with van der Waals surface area (Å²) in [6.07, 6.45) is 3.60. The lowest BCUT2D eigenvalue weighted by molar-refractivity contribution is 0.102. The van der Waals surface area contributed by atoms with Crippen LogP contribution in [-0.4, -0.2) is 34.7 Å². The Labute approximate surface area is 169 Å². The molecule has 0 unspecified atom stereocenters. The van der Waals surface area contributed by atoms with Crippen molar-refractivity contribution in [1.82, 2.24) is 14.5 Å². The largest absolute Gasteiger partial charge is 0.493 e. The molecule has 0 fully saturated rings. The summed E-state index contributed by atoms with van der Waals surface area (Å²) in [6.45, 7) is 0. The van der Waals surface area contributed by atoms with Crippen LogP contribution in [0.2, 0.25) is 0 Å². The molecule has 4 aromatic rings. The third-order valence-corrected chi connectivity index (χ3v) is 5.42. The first-order valence-corrected chi connectivity index (χ1v) is 9.52. The number of fused-ring (bicyclic) bond motifs is 1. The highest BCUT2D eigenvalue weighted by atomic mass is 32.1. The fourth-order valence-corrected chi connectivity index (χ4v) is 3.88. The van der Waals surface area contributed by atoms with Crippen LogP contribution in [-0.2, 0) is 0 Å². The summed E-state index contributed by atoms with van der Waals surface area (Å²) < 4.78 is 13.9. The van der Waals surface area contributed by atoms with Crippen LogP contribution in [0.15, 0.2) is 48.8 Å². The van der Waals surface area contributed by atoms with Crippen LogP contribution >= 0.6 is 23.6 Å². The molecule has 142 valence electrons. The molecule has 2 aromatic heterocycles. The van der Waals surface area contributed by atoms with E-state index >= 15 is 0 Å². The predicted molar refractivity (Wildman–Crippen MR) is 112 cm³/mol. The molecule has 4 rings (SSSR count). The Hall–Kier alpha value is -3.17. The Morgan fingerprint density at radius 2 is 1.89 bits per heavy atom. The van der Waals surface area contributed by atoms with E-state index < -0.39 is 0 Å². The smallest absolute Gasteiger partial charge is 0.257 e. The van der Waals surface area contributed by atoms with Crippen LogP contribution in [0.1, 0.15) is 10.4 Å². The van der Waals surface area contributed by atoms with Gasteiger partial charge in [-0.15, -0.1) is 0 Å². The van der Waals surface area contributed by atoms with Gasteiger partial charge in [0.25, 0.3) is 5.91 Å². The van der Waals surface area contributed by atoms with E-state index in [0.717, 1.165) is 15.9 Å². The van der Waals surface area contributed by atoms with Crippen LogP contribution in [0, 0.1) is 4.77 Å². The molecule has 0 atom stereocenters. The number of rotatable bonds is 5. The minimum atomic E-state index is -0.234. The first-order chi connectivity index (χ1) is 13.6. The second kappa shape index (κ2) is 7.45. The fourth-order valence-electron chi connectivity index (χ4n) is 2.77. The lowest BCUT2D eigenvalue weighted by Gasteiger charge is -2.05. The molecule has 1 amide bonds. The number of amides is 1. The maximum Gasteiger partial charge on any atom is 0.257 e. The molecular weight excluding hydrogens is 396 g/mol. The topological polar surface area (TPSA) is 81.2 Å². The van der Waals surface area contributed by atoms with Crippen LogP contribution in [0.5, 0.6) is 11.5 Å². The van der Waals surface area contributed by atoms with Crippen molar-refractivity contribution in [2.24, 2.45) is 0 Å². The van der Waals surface area contributed by atoms with Gasteiger partial charge in [-0.05, 0) is 36.5 Å². The molecule has 0 saturated carbocycles. The normalized spacial score (nSPS) is 10.8. The molecule has 2 heterocycles. The highest BCUT2D eigenvalue weighted by Crippen LogP contribution is 2.36. The van der Waals surface area contributed by atoms with Gasteiger partial charge >= 0.3 is 0 Å². The van der Waals surface area contributed by atoms with Crippen molar-refractivity contribution in [2.75, 3.05) is 19.5 Å². The number of imidazole rings is 1. The van der Waals surface area contributed by atoms with Crippen LogP contribution in [0.25, 0.3) is 15.9 Å². The number of hydrogen-bond donors (Lipinski definition) is 2. The van der Waals surface area contributed by atoms with E-state index in [9.17, 15) is 4.79 Å². The van der Waals surface area contributed by atoms with E-state index in [0.29, 0.717) is 27.0 Å². The number of aromatic amines is 1. The van der Waals surface area contributed by atoms with Crippen molar-refractivity contribution in [3.05, 3.63) is 59.1 Å². The number of ether oxygens (including phenoxy) is 2. The highest BCUT2D eigenvalue weighted by Gasteiger charge is 2.13. The van der Waals surface area contributed by atoms with Crippen molar-refractivity contribution < 1.29 is 14.3 Å². The molecule has 2 N–H and O–H groups in total. The predicted octanol–water partition coefficient (Wildman–Crippen LogP) is 4.41. The number of carbonyl (C=O) groups excluding carboxylic acids is 1. The summed E-state index contributed by atoms with van der Waals surface area (Å²) in [6, 6.07) is 10.8. The zero-order valence-electron chi connectivity index (χ0n) is 15.1. The SMILES string of the molecule is COc1cc2nc(NC(=O)c3ccc(-n4cc[nH]c4=S)cc3)sc2cc1OC. The van der Waals surface area contributed by atoms with E-state index in [1.807, 2.05) is 29.0 Å². The first kappa shape index (κ1) is 18.2. The first-order valence-electron chi connectivity index (χ1n) is 8.29. The van der Waals surface area contributed by atoms with Gasteiger partial charge in [0.1, 0.15) is 0 Å². The number of thiazole rings is 1. The van der Waals surface area contributed by atoms with Crippen molar-refractivity contribution in [1.29, 1.82) is 0 Å². The van der Waals surface area contributed by atoms with Crippen LogP contribution in [0.3, 0.4) is 0 Å². The van der Waals surface area contributed by atoms with Gasteiger partial charge in [-0.25, -0.2) is 4.98 Å². The van der Waals surface area contributed by atoms with Crippen molar-refractivity contribution in [2.45, 2.75) is 0 Å². The number of benzene rings is 2. The van der Waals surface area contributed by atoms with Gasteiger partial charge in [-0.3, -0.25) is 14.7 Å². The minimum Gasteiger partial charge on any atom is -0.493 e. The van der Waals surface area contributed by atoms with Gasteiger partial charge in [-0.1, -0.05) is 11.3 Å². The number of aromatic nitrogens is 3. The molecule has 0 radical (unpaired) electrons.